The Kier molecular flexibility index (Phi) is 4.42. The van der Waals surface area contributed by atoms with Gasteiger partial charge in [-0.25, -0.2) is 0 Å². The van der Waals surface area contributed by atoms with E-state index in [0.717, 1.165) is 30.7 Å². The van der Waals surface area contributed by atoms with E-state index in [-0.39, 0.29) is 0 Å². The molecule has 1 aromatic carbocycles. The summed E-state index contributed by atoms with van der Waals surface area (Å²) in [5.74, 6) is 0. The highest BCUT2D eigenvalue weighted by Gasteiger charge is 2.23. The van der Waals surface area contributed by atoms with Crippen molar-refractivity contribution in [3.05, 3.63) is 28.2 Å². The molecule has 0 saturated carbocycles. The average Bonchev–Trinajstić information content (AvgIpc) is 2.31. The van der Waals surface area contributed by atoms with Crippen LogP contribution < -0.4 is 10.6 Å². The van der Waals surface area contributed by atoms with Crippen molar-refractivity contribution in [1.82, 2.24) is 0 Å². The van der Waals surface area contributed by atoms with Crippen LogP contribution >= 0.6 is 15.9 Å². The molecule has 2 N–H and O–H groups in total. The minimum atomic E-state index is 0.411. The van der Waals surface area contributed by atoms with Crippen LogP contribution in [-0.2, 0) is 4.74 Å². The predicted molar refractivity (Wildman–Crippen MR) is 74.5 cm³/mol. The van der Waals surface area contributed by atoms with Crippen molar-refractivity contribution in [2.75, 3.05) is 31.2 Å². The van der Waals surface area contributed by atoms with Crippen molar-refractivity contribution < 1.29 is 4.74 Å². The largest absolute Gasteiger partial charge is 0.377 e. The van der Waals surface area contributed by atoms with Gasteiger partial charge in [-0.3, -0.25) is 0 Å². The van der Waals surface area contributed by atoms with Crippen LogP contribution in [0.2, 0.25) is 0 Å². The van der Waals surface area contributed by atoms with Crippen LogP contribution in [0.25, 0.3) is 0 Å². The highest BCUT2D eigenvalue weighted by atomic mass is 79.9. The monoisotopic (exact) mass is 298 g/mol. The molecule has 1 fully saturated rings. The topological polar surface area (TPSA) is 38.5 Å². The zero-order chi connectivity index (χ0) is 12.3. The molecule has 1 aliphatic rings. The van der Waals surface area contributed by atoms with Crippen LogP contribution in [0.3, 0.4) is 0 Å². The van der Waals surface area contributed by atoms with E-state index in [0.29, 0.717) is 12.6 Å². The molecular weight excluding hydrogens is 280 g/mol. The van der Waals surface area contributed by atoms with Gasteiger partial charge in [-0.15, -0.1) is 0 Å². The zero-order valence-corrected chi connectivity index (χ0v) is 11.7. The summed E-state index contributed by atoms with van der Waals surface area (Å²) in [5, 5.41) is 0. The molecule has 1 saturated heterocycles. The molecule has 1 heterocycles. The average molecular weight is 299 g/mol. The molecule has 0 bridgehead atoms. The first-order chi connectivity index (χ1) is 8.22. The number of hydrogen-bond acceptors (Lipinski definition) is 3. The lowest BCUT2D eigenvalue weighted by Gasteiger charge is -2.38. The number of aryl methyl sites for hydroxylation is 1. The van der Waals surface area contributed by atoms with Crippen molar-refractivity contribution in [2.45, 2.75) is 19.4 Å². The number of rotatable bonds is 3. The first-order valence-electron chi connectivity index (χ1n) is 6.03. The normalized spacial score (nSPS) is 20.6. The van der Waals surface area contributed by atoms with E-state index >= 15 is 0 Å². The third kappa shape index (κ3) is 3.00. The van der Waals surface area contributed by atoms with Crippen LogP contribution in [0.5, 0.6) is 0 Å². The van der Waals surface area contributed by atoms with Crippen LogP contribution in [0.15, 0.2) is 22.7 Å². The van der Waals surface area contributed by atoms with Gasteiger partial charge in [0, 0.05) is 16.7 Å². The zero-order valence-electron chi connectivity index (χ0n) is 10.2. The quantitative estimate of drug-likeness (QED) is 0.931. The molecule has 1 atom stereocenters. The second-order valence-electron chi connectivity index (χ2n) is 4.43. The fourth-order valence-corrected chi connectivity index (χ4v) is 2.82. The lowest BCUT2D eigenvalue weighted by Crippen LogP contribution is -2.46. The third-order valence-corrected chi connectivity index (χ3v) is 3.69. The molecule has 2 rings (SSSR count). The fraction of sp³-hybridized carbons (Fsp3) is 0.538. The molecule has 1 aliphatic heterocycles. The maximum Gasteiger partial charge on any atom is 0.0671 e. The van der Waals surface area contributed by atoms with Gasteiger partial charge in [-0.2, -0.15) is 0 Å². The predicted octanol–water partition coefficient (Wildman–Crippen LogP) is 2.31. The van der Waals surface area contributed by atoms with Gasteiger partial charge < -0.3 is 15.4 Å². The van der Waals surface area contributed by atoms with Gasteiger partial charge in [0.1, 0.15) is 0 Å². The molecule has 1 aromatic rings. The summed E-state index contributed by atoms with van der Waals surface area (Å²) in [4.78, 5) is 2.43. The minimum absolute atomic E-state index is 0.411. The first-order valence-corrected chi connectivity index (χ1v) is 6.82. The summed E-state index contributed by atoms with van der Waals surface area (Å²) < 4.78 is 6.67. The van der Waals surface area contributed by atoms with Crippen molar-refractivity contribution in [3.63, 3.8) is 0 Å². The number of nitrogens with zero attached hydrogens (tertiary/aromatic N) is 1. The summed E-state index contributed by atoms with van der Waals surface area (Å²) in [5.41, 5.74) is 8.27. The molecule has 0 spiro atoms. The molecule has 3 nitrogen and oxygen atoms in total. The van der Waals surface area contributed by atoms with Crippen molar-refractivity contribution in [1.29, 1.82) is 0 Å². The van der Waals surface area contributed by atoms with E-state index in [4.69, 9.17) is 10.5 Å². The van der Waals surface area contributed by atoms with Crippen LogP contribution in [-0.4, -0.2) is 32.3 Å². The Morgan fingerprint density at radius 1 is 1.53 bits per heavy atom. The molecular formula is C13H19BrN2O. The molecule has 4 heteroatoms. The molecule has 1 unspecified atom stereocenters. The Bertz CT molecular complexity index is 382. The molecule has 17 heavy (non-hydrogen) atoms. The number of anilines is 1. The fourth-order valence-electron chi connectivity index (χ4n) is 2.34. The van der Waals surface area contributed by atoms with E-state index < -0.39 is 0 Å². The number of benzene rings is 1. The van der Waals surface area contributed by atoms with E-state index in [9.17, 15) is 0 Å². The van der Waals surface area contributed by atoms with Gasteiger partial charge in [0.15, 0.2) is 0 Å². The maximum absolute atomic E-state index is 5.67. The lowest BCUT2D eigenvalue weighted by atomic mass is 10.1. The highest BCUT2D eigenvalue weighted by Crippen LogP contribution is 2.27. The Hall–Kier alpha value is -0.580. The van der Waals surface area contributed by atoms with Crippen LogP contribution in [0.4, 0.5) is 5.69 Å². The molecule has 0 aliphatic carbocycles. The van der Waals surface area contributed by atoms with Gasteiger partial charge >= 0.3 is 0 Å². The second kappa shape index (κ2) is 5.85. The standard InChI is InChI=1S/C13H19BrN2O/c1-10-8-11(14)2-3-13(10)16-6-7-17-9-12(16)4-5-15/h2-3,8,12H,4-7,9,15H2,1H3. The summed E-state index contributed by atoms with van der Waals surface area (Å²) in [6, 6.07) is 6.84. The van der Waals surface area contributed by atoms with Crippen molar-refractivity contribution >= 4 is 21.6 Å². The minimum Gasteiger partial charge on any atom is -0.377 e. The van der Waals surface area contributed by atoms with E-state index in [1.165, 1.54) is 11.3 Å². The van der Waals surface area contributed by atoms with Crippen LogP contribution in [0.1, 0.15) is 12.0 Å². The Balaban J connectivity index is 2.23. The summed E-state index contributed by atoms with van der Waals surface area (Å²) in [6.07, 6.45) is 0.982. The Labute approximate surface area is 111 Å². The van der Waals surface area contributed by atoms with Crippen LogP contribution in [0, 0.1) is 6.92 Å². The molecule has 0 aromatic heterocycles. The van der Waals surface area contributed by atoms with Gasteiger partial charge in [-0.1, -0.05) is 15.9 Å². The summed E-state index contributed by atoms with van der Waals surface area (Å²) >= 11 is 3.50. The SMILES string of the molecule is Cc1cc(Br)ccc1N1CCOCC1CCN. The van der Waals surface area contributed by atoms with Gasteiger partial charge in [0.05, 0.1) is 19.3 Å². The highest BCUT2D eigenvalue weighted by molar-refractivity contribution is 9.10. The summed E-state index contributed by atoms with van der Waals surface area (Å²) in [7, 11) is 0. The second-order valence-corrected chi connectivity index (χ2v) is 5.35. The summed E-state index contributed by atoms with van der Waals surface area (Å²) in [6.45, 7) is 5.39. The maximum atomic E-state index is 5.67. The number of nitrogens with two attached hydrogens (primary N) is 1. The number of halogens is 1. The number of ether oxygens (including phenoxy) is 1. The molecule has 0 amide bonds. The first kappa shape index (κ1) is 12.9. The Morgan fingerprint density at radius 3 is 3.06 bits per heavy atom. The van der Waals surface area contributed by atoms with E-state index in [1.54, 1.807) is 0 Å². The van der Waals surface area contributed by atoms with Gasteiger partial charge in [-0.05, 0) is 43.7 Å². The smallest absolute Gasteiger partial charge is 0.0671 e. The number of morpholine rings is 1. The van der Waals surface area contributed by atoms with Crippen molar-refractivity contribution in [2.24, 2.45) is 5.73 Å². The Morgan fingerprint density at radius 2 is 2.35 bits per heavy atom. The van der Waals surface area contributed by atoms with E-state index in [1.807, 2.05) is 0 Å². The third-order valence-electron chi connectivity index (χ3n) is 3.20. The van der Waals surface area contributed by atoms with Gasteiger partial charge in [0.2, 0.25) is 0 Å². The molecule has 0 radical (unpaired) electrons. The molecule has 94 valence electrons. The van der Waals surface area contributed by atoms with Gasteiger partial charge in [0.25, 0.3) is 0 Å². The lowest BCUT2D eigenvalue weighted by molar-refractivity contribution is 0.0922. The van der Waals surface area contributed by atoms with Crippen molar-refractivity contribution in [3.8, 4) is 0 Å². The number of hydrogen-bond donors (Lipinski definition) is 1. The van der Waals surface area contributed by atoms with E-state index in [2.05, 4.69) is 46.0 Å².